The Bertz CT molecular complexity index is 450. The number of rotatable bonds is 1. The van der Waals surface area contributed by atoms with Crippen LogP contribution in [0.4, 0.5) is 0 Å². The smallest absolute Gasteiger partial charge is 0.0961 e. The highest BCUT2D eigenvalue weighted by Gasteiger charge is 1.99. The molecule has 0 bridgehead atoms. The van der Waals surface area contributed by atoms with Gasteiger partial charge < -0.3 is 0 Å². The van der Waals surface area contributed by atoms with E-state index in [4.69, 9.17) is 15.7 Å². The fourth-order valence-electron chi connectivity index (χ4n) is 1.47. The normalized spacial score (nSPS) is 10.0. The van der Waals surface area contributed by atoms with E-state index in [1.165, 1.54) is 0 Å². The Balaban J connectivity index is 2.55. The third-order valence-corrected chi connectivity index (χ3v) is 2.16. The Kier molecular flexibility index (Phi) is 2.45. The number of benzene rings is 2. The van der Waals surface area contributed by atoms with Crippen molar-refractivity contribution in [2.75, 3.05) is 0 Å². The molecule has 0 N–H and O–H groups in total. The minimum atomic E-state index is 0.755. The van der Waals surface area contributed by atoms with Crippen molar-refractivity contribution in [3.05, 3.63) is 48.5 Å². The second-order valence-corrected chi connectivity index (χ2v) is 3.21. The van der Waals surface area contributed by atoms with Gasteiger partial charge in [0.2, 0.25) is 0 Å². The third kappa shape index (κ3) is 1.74. The van der Waals surface area contributed by atoms with E-state index in [9.17, 15) is 0 Å². The fraction of sp³-hybridized carbons (Fsp3) is 0. The molecule has 0 aliphatic rings. The average Bonchev–Trinajstić information content (AvgIpc) is 2.18. The van der Waals surface area contributed by atoms with Crippen LogP contribution in [0.5, 0.6) is 0 Å². The molecule has 0 saturated heterocycles. The Morgan fingerprint density at radius 1 is 0.786 bits per heavy atom. The standard InChI is InChI=1S/C12H8B2/c13-10-5-3-4-9(8-10)11-6-1-2-7-12(11)14/h1-8H. The molecular formula is C12H8B2. The van der Waals surface area contributed by atoms with E-state index in [1.807, 2.05) is 48.5 Å². The first-order chi connectivity index (χ1) is 6.77. The maximum absolute atomic E-state index is 5.86. The number of hydrogen-bond acceptors (Lipinski definition) is 0. The summed E-state index contributed by atoms with van der Waals surface area (Å²) in [7, 11) is 11.6. The van der Waals surface area contributed by atoms with E-state index >= 15 is 0 Å². The van der Waals surface area contributed by atoms with Gasteiger partial charge in [0.05, 0.1) is 0 Å². The van der Waals surface area contributed by atoms with Crippen molar-refractivity contribution in [3.8, 4) is 11.1 Å². The van der Waals surface area contributed by atoms with E-state index < -0.39 is 0 Å². The zero-order valence-corrected chi connectivity index (χ0v) is 7.77. The quantitative estimate of drug-likeness (QED) is 0.564. The van der Waals surface area contributed by atoms with Crippen LogP contribution < -0.4 is 10.9 Å². The molecule has 0 spiro atoms. The van der Waals surface area contributed by atoms with Gasteiger partial charge in [0, 0.05) is 0 Å². The monoisotopic (exact) mass is 174 g/mol. The zero-order valence-electron chi connectivity index (χ0n) is 7.77. The molecule has 0 unspecified atom stereocenters. The summed E-state index contributed by atoms with van der Waals surface area (Å²) in [4.78, 5) is 0. The second kappa shape index (κ2) is 3.75. The minimum absolute atomic E-state index is 0.755. The lowest BCUT2D eigenvalue weighted by molar-refractivity contribution is 1.67. The van der Waals surface area contributed by atoms with Crippen LogP contribution in [0.1, 0.15) is 0 Å². The molecule has 0 atom stereocenters. The van der Waals surface area contributed by atoms with E-state index in [2.05, 4.69) is 0 Å². The molecule has 4 radical (unpaired) electrons. The summed E-state index contributed by atoms with van der Waals surface area (Å²) in [5.41, 5.74) is 3.62. The minimum Gasteiger partial charge on any atom is -0.0961 e. The maximum atomic E-state index is 5.86. The molecule has 2 aromatic rings. The summed E-state index contributed by atoms with van der Waals surface area (Å²) >= 11 is 0. The molecule has 2 heteroatoms. The van der Waals surface area contributed by atoms with Gasteiger partial charge in [-0.1, -0.05) is 59.5 Å². The van der Waals surface area contributed by atoms with Crippen molar-refractivity contribution in [1.29, 1.82) is 0 Å². The van der Waals surface area contributed by atoms with E-state index in [-0.39, 0.29) is 0 Å². The first-order valence-corrected chi connectivity index (χ1v) is 4.48. The molecule has 2 rings (SSSR count). The topological polar surface area (TPSA) is 0 Å². The SMILES string of the molecule is [B]c1cccc(-c2ccccc2[B])c1. The molecule has 0 nitrogen and oxygen atoms in total. The molecule has 0 aliphatic heterocycles. The van der Waals surface area contributed by atoms with Gasteiger partial charge in [-0.05, 0) is 11.1 Å². The van der Waals surface area contributed by atoms with Gasteiger partial charge >= 0.3 is 0 Å². The lowest BCUT2D eigenvalue weighted by atomic mass is 9.85. The van der Waals surface area contributed by atoms with Crippen LogP contribution >= 0.6 is 0 Å². The van der Waals surface area contributed by atoms with Gasteiger partial charge in [-0.2, -0.15) is 0 Å². The summed E-state index contributed by atoms with van der Waals surface area (Å²) in [6, 6.07) is 15.5. The van der Waals surface area contributed by atoms with Crippen molar-refractivity contribution in [2.24, 2.45) is 0 Å². The highest BCUT2D eigenvalue weighted by molar-refractivity contribution is 6.36. The van der Waals surface area contributed by atoms with E-state index in [0.29, 0.717) is 0 Å². The Morgan fingerprint density at radius 2 is 1.57 bits per heavy atom. The van der Waals surface area contributed by atoms with Gasteiger partial charge in [-0.25, -0.2) is 0 Å². The third-order valence-electron chi connectivity index (χ3n) is 2.16. The largest absolute Gasteiger partial charge is 0.114 e. The van der Waals surface area contributed by atoms with Crippen LogP contribution in [0.3, 0.4) is 0 Å². The molecule has 0 amide bonds. The van der Waals surface area contributed by atoms with Crippen molar-refractivity contribution >= 4 is 26.6 Å². The van der Waals surface area contributed by atoms with Crippen LogP contribution in [-0.2, 0) is 0 Å². The lowest BCUT2D eigenvalue weighted by Crippen LogP contribution is -2.07. The molecule has 2 aromatic carbocycles. The highest BCUT2D eigenvalue weighted by atomic mass is 14.0. The predicted octanol–water partition coefficient (Wildman–Crippen LogP) is 0.941. The molecule has 0 aromatic heterocycles. The van der Waals surface area contributed by atoms with Crippen LogP contribution in [0.25, 0.3) is 11.1 Å². The lowest BCUT2D eigenvalue weighted by Gasteiger charge is -2.06. The van der Waals surface area contributed by atoms with Gasteiger partial charge in [-0.3, -0.25) is 0 Å². The summed E-state index contributed by atoms with van der Waals surface area (Å²) in [6.07, 6.45) is 0. The Hall–Kier alpha value is -1.43. The van der Waals surface area contributed by atoms with Crippen LogP contribution in [0.2, 0.25) is 0 Å². The van der Waals surface area contributed by atoms with Crippen molar-refractivity contribution < 1.29 is 0 Å². The molecular weight excluding hydrogens is 166 g/mol. The molecule has 14 heavy (non-hydrogen) atoms. The summed E-state index contributed by atoms with van der Waals surface area (Å²) in [5, 5.41) is 0. The first kappa shape index (κ1) is 9.14. The molecule has 0 heterocycles. The summed E-state index contributed by atoms with van der Waals surface area (Å²) < 4.78 is 0. The first-order valence-electron chi connectivity index (χ1n) is 4.48. The molecule has 0 aliphatic carbocycles. The van der Waals surface area contributed by atoms with Crippen molar-refractivity contribution in [2.45, 2.75) is 0 Å². The molecule has 0 saturated carbocycles. The molecule has 62 valence electrons. The zero-order chi connectivity index (χ0) is 9.97. The van der Waals surface area contributed by atoms with E-state index in [0.717, 1.165) is 22.1 Å². The predicted molar refractivity (Wildman–Crippen MR) is 62.7 cm³/mol. The Labute approximate surface area is 86.8 Å². The van der Waals surface area contributed by atoms with Crippen molar-refractivity contribution in [3.63, 3.8) is 0 Å². The average molecular weight is 174 g/mol. The van der Waals surface area contributed by atoms with Gasteiger partial charge in [0.25, 0.3) is 0 Å². The summed E-state index contributed by atoms with van der Waals surface area (Å²) in [5.74, 6) is 0. The summed E-state index contributed by atoms with van der Waals surface area (Å²) in [6.45, 7) is 0. The maximum Gasteiger partial charge on any atom is 0.114 e. The Morgan fingerprint density at radius 3 is 2.29 bits per heavy atom. The van der Waals surface area contributed by atoms with E-state index in [1.54, 1.807) is 0 Å². The number of hydrogen-bond donors (Lipinski definition) is 0. The van der Waals surface area contributed by atoms with Gasteiger partial charge in [0.15, 0.2) is 0 Å². The van der Waals surface area contributed by atoms with Crippen LogP contribution in [0, 0.1) is 0 Å². The van der Waals surface area contributed by atoms with Crippen molar-refractivity contribution in [1.82, 2.24) is 0 Å². The fourth-order valence-corrected chi connectivity index (χ4v) is 1.47. The van der Waals surface area contributed by atoms with Gasteiger partial charge in [-0.15, -0.1) is 0 Å². The van der Waals surface area contributed by atoms with Crippen LogP contribution in [-0.4, -0.2) is 15.7 Å². The van der Waals surface area contributed by atoms with Crippen LogP contribution in [0.15, 0.2) is 48.5 Å². The second-order valence-electron chi connectivity index (χ2n) is 3.21. The van der Waals surface area contributed by atoms with Gasteiger partial charge in [0.1, 0.15) is 15.7 Å². The molecule has 0 fully saturated rings. The highest BCUT2D eigenvalue weighted by Crippen LogP contribution is 2.14.